The van der Waals surface area contributed by atoms with E-state index in [9.17, 15) is 24.5 Å². The number of benzene rings is 4. The predicted molar refractivity (Wildman–Crippen MR) is 167 cm³/mol. The Hall–Kier alpha value is -4.24. The molecule has 1 saturated heterocycles. The van der Waals surface area contributed by atoms with E-state index in [-0.39, 0.29) is 22.7 Å². The first-order valence-electron chi connectivity index (χ1n) is 14.2. The van der Waals surface area contributed by atoms with Gasteiger partial charge in [-0.2, -0.15) is 0 Å². The van der Waals surface area contributed by atoms with Gasteiger partial charge in [-0.05, 0) is 39.9 Å². The lowest BCUT2D eigenvalue weighted by Crippen LogP contribution is -2.57. The Morgan fingerprint density at radius 1 is 0.822 bits per heavy atom. The van der Waals surface area contributed by atoms with Gasteiger partial charge in [0.15, 0.2) is 0 Å². The minimum atomic E-state index is -1.42. The van der Waals surface area contributed by atoms with Crippen molar-refractivity contribution >= 4 is 58.3 Å². The zero-order valence-electron chi connectivity index (χ0n) is 23.4. The fourth-order valence-corrected chi connectivity index (χ4v) is 8.45. The number of nitrogens with zero attached hydrogens (tertiary/aromatic N) is 2. The molecule has 0 saturated carbocycles. The molecule has 0 unspecified atom stereocenters. The van der Waals surface area contributed by atoms with Gasteiger partial charge in [0.1, 0.15) is 22.4 Å². The minimum absolute atomic E-state index is 0.0518. The number of nitro groups is 1. The van der Waals surface area contributed by atoms with Crippen molar-refractivity contribution in [3.05, 3.63) is 146 Å². The molecule has 0 N–H and O–H groups in total. The molecule has 1 heterocycles. The lowest BCUT2D eigenvalue weighted by atomic mass is 9.54. The normalized spacial score (nSPS) is 24.9. The predicted octanol–water partition coefficient (Wildman–Crippen LogP) is 6.50. The number of likely N-dealkylation sites (tertiary alicyclic amines) is 1. The summed E-state index contributed by atoms with van der Waals surface area (Å²) in [4.78, 5) is 52.1. The molecule has 3 atom stereocenters. The molecule has 4 aromatic rings. The van der Waals surface area contributed by atoms with Crippen LogP contribution in [0, 0.1) is 22.0 Å². The molecule has 3 aliphatic carbocycles. The summed E-state index contributed by atoms with van der Waals surface area (Å²) in [5, 5.41) is 11.8. The van der Waals surface area contributed by atoms with Crippen LogP contribution >= 0.6 is 34.8 Å². The number of halogens is 3. The molecule has 0 radical (unpaired) electrons. The molecule has 226 valence electrons. The molecule has 1 fully saturated rings. The van der Waals surface area contributed by atoms with Crippen LogP contribution in [0.5, 0.6) is 0 Å². The van der Waals surface area contributed by atoms with E-state index in [1.54, 1.807) is 30.3 Å². The van der Waals surface area contributed by atoms with Gasteiger partial charge in [0.05, 0.1) is 22.3 Å². The smallest absolute Gasteiger partial charge is 0.330 e. The average Bonchev–Trinajstić information content (AvgIpc) is 3.32. The van der Waals surface area contributed by atoms with Gasteiger partial charge in [0, 0.05) is 17.5 Å². The highest BCUT2D eigenvalue weighted by Crippen LogP contribution is 2.69. The van der Waals surface area contributed by atoms with Crippen molar-refractivity contribution in [2.45, 2.75) is 28.8 Å². The zero-order chi connectivity index (χ0) is 31.7. The highest BCUT2D eigenvalue weighted by molar-refractivity contribution is 6.36. The second-order valence-electron chi connectivity index (χ2n) is 11.4. The van der Waals surface area contributed by atoms with Gasteiger partial charge in [-0.3, -0.25) is 24.6 Å². The summed E-state index contributed by atoms with van der Waals surface area (Å²) in [5.74, 6) is -4.37. The van der Waals surface area contributed by atoms with Crippen LogP contribution in [0.25, 0.3) is 0 Å². The zero-order valence-corrected chi connectivity index (χ0v) is 25.6. The maximum atomic E-state index is 14.5. The summed E-state index contributed by atoms with van der Waals surface area (Å²) in [5.41, 5.74) is 3.01. The Morgan fingerprint density at radius 2 is 1.31 bits per heavy atom. The molecule has 45 heavy (non-hydrogen) atoms. The van der Waals surface area contributed by atoms with E-state index < -0.39 is 56.9 Å². The Morgan fingerprint density at radius 3 is 1.80 bits per heavy atom. The summed E-state index contributed by atoms with van der Waals surface area (Å²) < 4.78 is 5.60. The van der Waals surface area contributed by atoms with Crippen molar-refractivity contribution in [2.24, 2.45) is 11.8 Å². The van der Waals surface area contributed by atoms with Crippen LogP contribution in [0.15, 0.2) is 97.1 Å². The van der Waals surface area contributed by atoms with Crippen molar-refractivity contribution in [2.75, 3.05) is 0 Å². The van der Waals surface area contributed by atoms with Crippen molar-refractivity contribution in [3.63, 3.8) is 0 Å². The number of rotatable bonds is 7. The van der Waals surface area contributed by atoms with E-state index in [0.29, 0.717) is 27.8 Å². The number of carbonyl (C=O) groups is 3. The quantitative estimate of drug-likeness (QED) is 0.0737. The van der Waals surface area contributed by atoms with E-state index in [1.807, 2.05) is 48.5 Å². The molecule has 0 aromatic heterocycles. The number of hydrogen-bond acceptors (Lipinski definition) is 6. The molecule has 4 aliphatic rings. The van der Waals surface area contributed by atoms with Gasteiger partial charge in [-0.1, -0.05) is 90.5 Å². The molecule has 4 aromatic carbocycles. The number of carbonyl (C=O) groups excluding carboxylic acids is 3. The fourth-order valence-electron chi connectivity index (χ4n) is 7.19. The van der Waals surface area contributed by atoms with Crippen LogP contribution in [-0.4, -0.2) is 33.6 Å². The second kappa shape index (κ2) is 10.7. The first kappa shape index (κ1) is 29.5. The van der Waals surface area contributed by atoms with Crippen LogP contribution < -0.4 is 0 Å². The molecule has 0 spiro atoms. The van der Waals surface area contributed by atoms with Gasteiger partial charge < -0.3 is 4.74 Å². The topological polar surface area (TPSA) is 107 Å². The third kappa shape index (κ3) is 4.23. The highest BCUT2D eigenvalue weighted by Gasteiger charge is 2.73. The number of hydrogen-bond donors (Lipinski definition) is 0. The van der Waals surface area contributed by atoms with Crippen LogP contribution in [0.1, 0.15) is 33.4 Å². The molecular formula is C34H23Cl3N2O6. The Labute approximate surface area is 272 Å². The largest absolute Gasteiger partial charge is 0.459 e. The highest BCUT2D eigenvalue weighted by atomic mass is 35.5. The van der Waals surface area contributed by atoms with E-state index in [2.05, 4.69) is 0 Å². The summed E-state index contributed by atoms with van der Waals surface area (Å²) >= 11 is 21.0. The SMILES string of the molecule is O=C(OCc1ccc(Cl)cc1[N+](=O)[O-])[C@@H](Cc1ccccc1)N1C(=O)[C@@H]2[C@H](C1=O)C1(Cl)c3ccccc3C2(Cl)c2ccccc21. The third-order valence-corrected chi connectivity index (χ3v) is 10.6. The van der Waals surface area contributed by atoms with Crippen LogP contribution in [0.3, 0.4) is 0 Å². The van der Waals surface area contributed by atoms with Gasteiger partial charge in [-0.25, -0.2) is 4.79 Å². The summed E-state index contributed by atoms with van der Waals surface area (Å²) in [6.07, 6.45) is -0.0518. The van der Waals surface area contributed by atoms with E-state index in [0.717, 1.165) is 11.0 Å². The van der Waals surface area contributed by atoms with Crippen LogP contribution in [0.2, 0.25) is 5.02 Å². The molecule has 2 amide bonds. The van der Waals surface area contributed by atoms with Crippen molar-refractivity contribution in [1.82, 2.24) is 4.90 Å². The molecule has 1 aliphatic heterocycles. The summed E-state index contributed by atoms with van der Waals surface area (Å²) in [6.45, 7) is -0.476. The molecular weight excluding hydrogens is 639 g/mol. The van der Waals surface area contributed by atoms with Gasteiger partial charge in [-0.15, -0.1) is 23.2 Å². The average molecular weight is 662 g/mol. The van der Waals surface area contributed by atoms with E-state index in [4.69, 9.17) is 39.5 Å². The van der Waals surface area contributed by atoms with Crippen LogP contribution in [0.4, 0.5) is 5.69 Å². The number of imide groups is 1. The van der Waals surface area contributed by atoms with Crippen molar-refractivity contribution in [3.8, 4) is 0 Å². The van der Waals surface area contributed by atoms with Gasteiger partial charge in [0.2, 0.25) is 11.8 Å². The Balaban J connectivity index is 1.31. The molecule has 11 heteroatoms. The van der Waals surface area contributed by atoms with E-state index >= 15 is 0 Å². The lowest BCUT2D eigenvalue weighted by Gasteiger charge is -2.54. The number of ether oxygens (including phenoxy) is 1. The fraction of sp³-hybridized carbons (Fsp3) is 0.206. The first-order chi connectivity index (χ1) is 21.6. The first-order valence-corrected chi connectivity index (χ1v) is 15.3. The maximum absolute atomic E-state index is 14.5. The Kier molecular flexibility index (Phi) is 7.00. The third-order valence-electron chi connectivity index (χ3n) is 9.09. The summed E-state index contributed by atoms with van der Waals surface area (Å²) in [7, 11) is 0. The molecule has 8 rings (SSSR count). The molecule has 2 bridgehead atoms. The minimum Gasteiger partial charge on any atom is -0.459 e. The lowest BCUT2D eigenvalue weighted by molar-refractivity contribution is -0.385. The molecule has 8 nitrogen and oxygen atoms in total. The number of alkyl halides is 2. The monoisotopic (exact) mass is 660 g/mol. The van der Waals surface area contributed by atoms with Gasteiger partial charge >= 0.3 is 5.97 Å². The van der Waals surface area contributed by atoms with E-state index in [1.165, 1.54) is 12.1 Å². The summed E-state index contributed by atoms with van der Waals surface area (Å²) in [6, 6.07) is 26.0. The number of nitro benzene ring substituents is 1. The van der Waals surface area contributed by atoms with Gasteiger partial charge in [0.25, 0.3) is 5.69 Å². The standard InChI is InChI=1S/C34H23Cl3N2O6/c35-21-15-14-20(26(17-21)39(43)44)18-45-32(42)27(16-19-8-2-1-3-9-19)38-30(40)28-29(31(38)41)34(37)23-11-5-4-10-22(23)33(28,36)24-12-6-7-13-25(24)34/h1-15,17,27-29H,16,18H2/t27-,28-,29+,33?,34?/m1/s1. The Bertz CT molecular complexity index is 1790. The maximum Gasteiger partial charge on any atom is 0.330 e. The van der Waals surface area contributed by atoms with Crippen LogP contribution in [-0.2, 0) is 41.9 Å². The number of esters is 1. The van der Waals surface area contributed by atoms with Crippen molar-refractivity contribution in [1.29, 1.82) is 0 Å². The van der Waals surface area contributed by atoms with Crippen molar-refractivity contribution < 1.29 is 24.0 Å². The second-order valence-corrected chi connectivity index (χ2v) is 13.0. The number of amides is 2.